The Labute approximate surface area is 147 Å². The summed E-state index contributed by atoms with van der Waals surface area (Å²) in [7, 11) is 0. The second-order valence-corrected chi connectivity index (χ2v) is 7.53. The van der Waals surface area contributed by atoms with Crippen molar-refractivity contribution in [1.82, 2.24) is 0 Å². The van der Waals surface area contributed by atoms with Gasteiger partial charge in [-0.25, -0.2) is 0 Å². The highest BCUT2D eigenvalue weighted by Gasteiger charge is 2.42. The average Bonchev–Trinajstić information content (AvgIpc) is 2.84. The number of fused-ring (bicyclic) bond motifs is 1. The van der Waals surface area contributed by atoms with Crippen LogP contribution < -0.4 is 0 Å². The Balaban J connectivity index is 1.99. The maximum Gasteiger partial charge on any atom is 0.306 e. The number of carbonyl (C=O) groups is 1. The van der Waals surface area contributed by atoms with Gasteiger partial charge in [-0.2, -0.15) is 0 Å². The average molecular weight is 335 g/mol. The zero-order chi connectivity index (χ0) is 17.4. The van der Waals surface area contributed by atoms with Crippen LogP contribution in [0.5, 0.6) is 0 Å². The van der Waals surface area contributed by atoms with Gasteiger partial charge in [0.25, 0.3) is 0 Å². The van der Waals surface area contributed by atoms with Gasteiger partial charge in [0.2, 0.25) is 0 Å². The molecule has 2 rings (SSSR count). The highest BCUT2D eigenvalue weighted by atomic mass is 16.5. The van der Waals surface area contributed by atoms with E-state index in [2.05, 4.69) is 38.2 Å². The molecule has 0 amide bonds. The van der Waals surface area contributed by atoms with E-state index < -0.39 is 6.10 Å². The second kappa shape index (κ2) is 10.0. The van der Waals surface area contributed by atoms with E-state index in [9.17, 15) is 9.90 Å². The van der Waals surface area contributed by atoms with Gasteiger partial charge in [-0.15, -0.1) is 0 Å². The lowest BCUT2D eigenvalue weighted by molar-refractivity contribution is -0.151. The molecule has 24 heavy (non-hydrogen) atoms. The molecule has 136 valence electrons. The SMILES string of the molecule is CCCCCC(C)/C=C/[C@@H]1[C@H]2C/C=C\CCCC(=O)O[C@H]2C[C@H]1O. The summed E-state index contributed by atoms with van der Waals surface area (Å²) < 4.78 is 5.67. The van der Waals surface area contributed by atoms with Crippen LogP contribution in [0.1, 0.15) is 71.6 Å². The standard InChI is InChI=1S/C21H34O3/c1-3-4-7-10-16(2)13-14-17-18-11-8-5-6-9-12-21(23)24-20(18)15-19(17)22/h5,8,13-14,16-20,22H,3-4,6-7,9-12,15H2,1-2H3/b8-5-,14-13+/t16?,17-,18-,19-,20+/m1/s1. The van der Waals surface area contributed by atoms with Crippen molar-refractivity contribution >= 4 is 5.97 Å². The van der Waals surface area contributed by atoms with Gasteiger partial charge in [0.05, 0.1) is 6.10 Å². The van der Waals surface area contributed by atoms with Crippen molar-refractivity contribution in [2.75, 3.05) is 0 Å². The van der Waals surface area contributed by atoms with Crippen LogP contribution in [0.2, 0.25) is 0 Å². The van der Waals surface area contributed by atoms with Gasteiger partial charge in [-0.3, -0.25) is 4.79 Å². The molecule has 1 saturated carbocycles. The Morgan fingerprint density at radius 3 is 3.00 bits per heavy atom. The Hall–Kier alpha value is -1.09. The highest BCUT2D eigenvalue weighted by Crippen LogP contribution is 2.39. The summed E-state index contributed by atoms with van der Waals surface area (Å²) in [6, 6.07) is 0. The molecule has 0 spiro atoms. The van der Waals surface area contributed by atoms with E-state index in [1.165, 1.54) is 25.7 Å². The van der Waals surface area contributed by atoms with Crippen LogP contribution in [-0.4, -0.2) is 23.3 Å². The minimum absolute atomic E-state index is 0.0977. The monoisotopic (exact) mass is 334 g/mol. The molecule has 5 atom stereocenters. The number of carbonyl (C=O) groups excluding carboxylic acids is 1. The fraction of sp³-hybridized carbons (Fsp3) is 0.762. The molecule has 1 unspecified atom stereocenters. The third-order valence-electron chi connectivity index (χ3n) is 5.42. The number of unbranched alkanes of at least 4 members (excludes halogenated alkanes) is 2. The molecular weight excluding hydrogens is 300 g/mol. The number of aliphatic hydroxyl groups is 1. The van der Waals surface area contributed by atoms with E-state index in [1.807, 2.05) is 0 Å². The van der Waals surface area contributed by atoms with Gasteiger partial charge in [0.1, 0.15) is 6.10 Å². The van der Waals surface area contributed by atoms with Crippen molar-refractivity contribution in [3.63, 3.8) is 0 Å². The van der Waals surface area contributed by atoms with Gasteiger partial charge >= 0.3 is 5.97 Å². The summed E-state index contributed by atoms with van der Waals surface area (Å²) in [6.07, 6.45) is 17.0. The van der Waals surface area contributed by atoms with Crippen molar-refractivity contribution < 1.29 is 14.6 Å². The first-order valence-electron chi connectivity index (χ1n) is 9.82. The van der Waals surface area contributed by atoms with E-state index in [4.69, 9.17) is 4.74 Å². The number of aliphatic hydroxyl groups excluding tert-OH is 1. The number of hydrogen-bond acceptors (Lipinski definition) is 3. The molecular formula is C21H34O3. The van der Waals surface area contributed by atoms with Gasteiger partial charge in [0.15, 0.2) is 0 Å². The van der Waals surface area contributed by atoms with Crippen LogP contribution in [0.3, 0.4) is 0 Å². The van der Waals surface area contributed by atoms with Crippen molar-refractivity contribution in [3.05, 3.63) is 24.3 Å². The molecule has 1 aliphatic carbocycles. The molecule has 2 aliphatic rings. The van der Waals surface area contributed by atoms with Crippen molar-refractivity contribution in [1.29, 1.82) is 0 Å². The van der Waals surface area contributed by atoms with E-state index >= 15 is 0 Å². The maximum atomic E-state index is 11.9. The van der Waals surface area contributed by atoms with Gasteiger partial charge in [-0.05, 0) is 31.6 Å². The zero-order valence-corrected chi connectivity index (χ0v) is 15.3. The van der Waals surface area contributed by atoms with Gasteiger partial charge in [0, 0.05) is 24.7 Å². The molecule has 0 saturated heterocycles. The smallest absolute Gasteiger partial charge is 0.306 e. The lowest BCUT2D eigenvalue weighted by atomic mass is 9.88. The normalized spacial score (nSPS) is 33.9. The fourth-order valence-electron chi connectivity index (χ4n) is 3.91. The Morgan fingerprint density at radius 2 is 2.21 bits per heavy atom. The minimum atomic E-state index is -0.402. The van der Waals surface area contributed by atoms with Crippen molar-refractivity contribution in [3.8, 4) is 0 Å². The number of rotatable bonds is 6. The maximum absolute atomic E-state index is 11.9. The lowest BCUT2D eigenvalue weighted by Gasteiger charge is -2.23. The lowest BCUT2D eigenvalue weighted by Crippen LogP contribution is -2.25. The topological polar surface area (TPSA) is 46.5 Å². The van der Waals surface area contributed by atoms with Crippen LogP contribution in [0.25, 0.3) is 0 Å². The Morgan fingerprint density at radius 1 is 1.38 bits per heavy atom. The summed E-state index contributed by atoms with van der Waals surface area (Å²) in [6.45, 7) is 4.47. The van der Waals surface area contributed by atoms with E-state index in [0.29, 0.717) is 18.8 Å². The first-order valence-corrected chi connectivity index (χ1v) is 9.82. The third-order valence-corrected chi connectivity index (χ3v) is 5.42. The first kappa shape index (κ1) is 19.2. The number of hydrogen-bond donors (Lipinski definition) is 1. The van der Waals surface area contributed by atoms with Gasteiger partial charge < -0.3 is 9.84 Å². The summed E-state index contributed by atoms with van der Waals surface area (Å²) in [5.74, 6) is 0.739. The molecule has 0 aromatic heterocycles. The number of esters is 1. The summed E-state index contributed by atoms with van der Waals surface area (Å²) in [5.41, 5.74) is 0. The molecule has 3 heteroatoms. The van der Waals surface area contributed by atoms with Crippen LogP contribution in [-0.2, 0) is 9.53 Å². The quantitative estimate of drug-likeness (QED) is 0.431. The molecule has 1 aliphatic heterocycles. The molecule has 1 heterocycles. The highest BCUT2D eigenvalue weighted by molar-refractivity contribution is 5.69. The van der Waals surface area contributed by atoms with E-state index in [0.717, 1.165) is 19.3 Å². The molecule has 3 nitrogen and oxygen atoms in total. The molecule has 1 fully saturated rings. The second-order valence-electron chi connectivity index (χ2n) is 7.53. The molecule has 0 aromatic rings. The van der Waals surface area contributed by atoms with E-state index in [-0.39, 0.29) is 23.9 Å². The number of ether oxygens (including phenoxy) is 1. The Bertz CT molecular complexity index is 440. The molecule has 0 radical (unpaired) electrons. The molecule has 1 N–H and O–H groups in total. The predicted octanol–water partition coefficient (Wildman–Crippen LogP) is 4.80. The van der Waals surface area contributed by atoms with Gasteiger partial charge in [-0.1, -0.05) is 57.4 Å². The van der Waals surface area contributed by atoms with Crippen molar-refractivity contribution in [2.24, 2.45) is 17.8 Å². The third kappa shape index (κ3) is 5.77. The van der Waals surface area contributed by atoms with Crippen LogP contribution in [0, 0.1) is 17.8 Å². The zero-order valence-electron chi connectivity index (χ0n) is 15.3. The summed E-state index contributed by atoms with van der Waals surface area (Å²) in [5, 5.41) is 10.5. The largest absolute Gasteiger partial charge is 0.462 e. The van der Waals surface area contributed by atoms with Crippen LogP contribution in [0.15, 0.2) is 24.3 Å². The summed E-state index contributed by atoms with van der Waals surface area (Å²) in [4.78, 5) is 11.9. The molecule has 0 aromatic carbocycles. The molecule has 0 bridgehead atoms. The Kier molecular flexibility index (Phi) is 8.04. The van der Waals surface area contributed by atoms with Crippen LogP contribution >= 0.6 is 0 Å². The first-order chi connectivity index (χ1) is 11.6. The minimum Gasteiger partial charge on any atom is -0.462 e. The fourth-order valence-corrected chi connectivity index (χ4v) is 3.91. The van der Waals surface area contributed by atoms with Crippen LogP contribution in [0.4, 0.5) is 0 Å². The summed E-state index contributed by atoms with van der Waals surface area (Å²) >= 11 is 0. The predicted molar refractivity (Wildman–Crippen MR) is 97.5 cm³/mol. The van der Waals surface area contributed by atoms with Crippen molar-refractivity contribution in [2.45, 2.75) is 83.8 Å². The number of allylic oxidation sites excluding steroid dienone is 3. The van der Waals surface area contributed by atoms with E-state index in [1.54, 1.807) is 0 Å².